The molecule has 4 nitrogen and oxygen atoms in total. The molecule has 0 saturated heterocycles. The molecule has 23 heavy (non-hydrogen) atoms. The molecule has 116 valence electrons. The van der Waals surface area contributed by atoms with Crippen molar-refractivity contribution in [3.05, 3.63) is 71.8 Å². The van der Waals surface area contributed by atoms with E-state index in [-0.39, 0.29) is 17.2 Å². The zero-order valence-corrected chi connectivity index (χ0v) is 12.6. The van der Waals surface area contributed by atoms with Crippen LogP contribution < -0.4 is 11.1 Å². The molecule has 0 aromatic heterocycles. The third-order valence-electron chi connectivity index (χ3n) is 3.78. The molecular weight excluding hydrogens is 288 g/mol. The minimum Gasteiger partial charge on any atom is -0.507 e. The van der Waals surface area contributed by atoms with Gasteiger partial charge in [-0.1, -0.05) is 42.5 Å². The minimum atomic E-state index is -0.335. The zero-order chi connectivity index (χ0) is 16.2. The van der Waals surface area contributed by atoms with Crippen molar-refractivity contribution in [1.82, 2.24) is 0 Å². The average molecular weight is 306 g/mol. The second-order valence-corrected chi connectivity index (χ2v) is 5.37. The Morgan fingerprint density at radius 3 is 2.65 bits per heavy atom. The van der Waals surface area contributed by atoms with Gasteiger partial charge in [-0.25, -0.2) is 0 Å². The summed E-state index contributed by atoms with van der Waals surface area (Å²) in [6.07, 6.45) is 0.662. The number of phenolic OH excluding ortho intramolecular Hbond substituents is 1. The Morgan fingerprint density at radius 1 is 1.04 bits per heavy atom. The number of anilines is 1. The monoisotopic (exact) mass is 306 g/mol. The first kappa shape index (κ1) is 15.1. The SMILES string of the molecule is NCCc1ccc(O)c(C(=O)Nc2cccc3ccccc23)c1. The highest BCUT2D eigenvalue weighted by Gasteiger charge is 2.13. The number of phenols is 1. The number of amides is 1. The van der Waals surface area contributed by atoms with Gasteiger partial charge in [0.25, 0.3) is 5.91 Å². The topological polar surface area (TPSA) is 75.3 Å². The lowest BCUT2D eigenvalue weighted by molar-refractivity contribution is 0.102. The van der Waals surface area contributed by atoms with Gasteiger partial charge in [-0.15, -0.1) is 0 Å². The van der Waals surface area contributed by atoms with Gasteiger partial charge in [0.05, 0.1) is 5.56 Å². The Bertz CT molecular complexity index is 854. The number of hydrogen-bond acceptors (Lipinski definition) is 3. The molecule has 0 radical (unpaired) electrons. The second kappa shape index (κ2) is 6.50. The van der Waals surface area contributed by atoms with E-state index in [1.165, 1.54) is 6.07 Å². The van der Waals surface area contributed by atoms with Crippen molar-refractivity contribution >= 4 is 22.4 Å². The van der Waals surface area contributed by atoms with Crippen molar-refractivity contribution in [1.29, 1.82) is 0 Å². The smallest absolute Gasteiger partial charge is 0.259 e. The fraction of sp³-hybridized carbons (Fsp3) is 0.105. The Labute approximate surface area is 134 Å². The fourth-order valence-corrected chi connectivity index (χ4v) is 2.61. The molecule has 0 fully saturated rings. The first-order valence-electron chi connectivity index (χ1n) is 7.50. The van der Waals surface area contributed by atoms with Crippen molar-refractivity contribution in [2.24, 2.45) is 5.73 Å². The molecule has 0 spiro atoms. The van der Waals surface area contributed by atoms with E-state index in [1.807, 2.05) is 42.5 Å². The van der Waals surface area contributed by atoms with Gasteiger partial charge in [0.15, 0.2) is 0 Å². The number of aromatic hydroxyl groups is 1. The number of carbonyl (C=O) groups excluding carboxylic acids is 1. The van der Waals surface area contributed by atoms with E-state index in [2.05, 4.69) is 5.32 Å². The van der Waals surface area contributed by atoms with Crippen molar-refractivity contribution in [2.75, 3.05) is 11.9 Å². The lowest BCUT2D eigenvalue weighted by atomic mass is 10.1. The largest absolute Gasteiger partial charge is 0.507 e. The molecule has 3 rings (SSSR count). The fourth-order valence-electron chi connectivity index (χ4n) is 2.61. The number of carbonyl (C=O) groups is 1. The predicted molar refractivity (Wildman–Crippen MR) is 92.8 cm³/mol. The highest BCUT2D eigenvalue weighted by molar-refractivity contribution is 6.10. The number of rotatable bonds is 4. The van der Waals surface area contributed by atoms with Gasteiger partial charge in [-0.2, -0.15) is 0 Å². The Hall–Kier alpha value is -2.85. The molecule has 0 heterocycles. The van der Waals surface area contributed by atoms with Crippen LogP contribution in [-0.4, -0.2) is 17.6 Å². The van der Waals surface area contributed by atoms with E-state index in [1.54, 1.807) is 12.1 Å². The van der Waals surface area contributed by atoms with E-state index in [4.69, 9.17) is 5.73 Å². The van der Waals surface area contributed by atoms with E-state index in [9.17, 15) is 9.90 Å². The maximum Gasteiger partial charge on any atom is 0.259 e. The summed E-state index contributed by atoms with van der Waals surface area (Å²) in [6.45, 7) is 0.495. The van der Waals surface area contributed by atoms with Crippen molar-refractivity contribution in [2.45, 2.75) is 6.42 Å². The molecule has 3 aromatic rings. The van der Waals surface area contributed by atoms with Gasteiger partial charge in [0.2, 0.25) is 0 Å². The van der Waals surface area contributed by atoms with Crippen LogP contribution in [0.5, 0.6) is 5.75 Å². The highest BCUT2D eigenvalue weighted by Crippen LogP contribution is 2.25. The van der Waals surface area contributed by atoms with Crippen LogP contribution in [0.15, 0.2) is 60.7 Å². The first-order valence-corrected chi connectivity index (χ1v) is 7.50. The predicted octanol–water partition coefficient (Wildman–Crippen LogP) is 3.30. The summed E-state index contributed by atoms with van der Waals surface area (Å²) in [5.41, 5.74) is 7.44. The second-order valence-electron chi connectivity index (χ2n) is 5.37. The standard InChI is InChI=1S/C19H18N2O2/c20-11-10-13-8-9-18(22)16(12-13)19(23)21-17-7-3-5-14-4-1-2-6-15(14)17/h1-9,12,22H,10-11,20H2,(H,21,23). The molecule has 0 saturated carbocycles. The number of fused-ring (bicyclic) bond motifs is 1. The number of hydrogen-bond donors (Lipinski definition) is 3. The van der Waals surface area contributed by atoms with Gasteiger partial charge in [-0.3, -0.25) is 4.79 Å². The lowest BCUT2D eigenvalue weighted by Gasteiger charge is -2.11. The van der Waals surface area contributed by atoms with Gasteiger partial charge in [0.1, 0.15) is 5.75 Å². The van der Waals surface area contributed by atoms with Crippen molar-refractivity contribution in [3.63, 3.8) is 0 Å². The van der Waals surface area contributed by atoms with Crippen LogP contribution >= 0.6 is 0 Å². The number of nitrogens with one attached hydrogen (secondary N) is 1. The lowest BCUT2D eigenvalue weighted by Crippen LogP contribution is -2.13. The summed E-state index contributed by atoms with van der Waals surface area (Å²) in [7, 11) is 0. The van der Waals surface area contributed by atoms with Crippen LogP contribution in [0.1, 0.15) is 15.9 Å². The summed E-state index contributed by atoms with van der Waals surface area (Å²) in [5.74, 6) is -0.374. The Balaban J connectivity index is 1.93. The van der Waals surface area contributed by atoms with Crippen LogP contribution in [0.4, 0.5) is 5.69 Å². The summed E-state index contributed by atoms with van der Waals surface area (Å²) in [4.78, 5) is 12.5. The summed E-state index contributed by atoms with van der Waals surface area (Å²) in [5, 5.41) is 14.9. The van der Waals surface area contributed by atoms with Gasteiger partial charge in [0, 0.05) is 11.1 Å². The molecule has 0 atom stereocenters. The molecule has 0 aliphatic rings. The highest BCUT2D eigenvalue weighted by atomic mass is 16.3. The molecule has 0 unspecified atom stereocenters. The van der Waals surface area contributed by atoms with Gasteiger partial charge < -0.3 is 16.2 Å². The maximum absolute atomic E-state index is 12.5. The van der Waals surface area contributed by atoms with Gasteiger partial charge in [-0.05, 0) is 42.1 Å². The number of benzene rings is 3. The van der Waals surface area contributed by atoms with Crippen molar-refractivity contribution < 1.29 is 9.90 Å². The van der Waals surface area contributed by atoms with E-state index in [0.717, 1.165) is 22.0 Å². The Morgan fingerprint density at radius 2 is 1.83 bits per heavy atom. The van der Waals surface area contributed by atoms with Crippen LogP contribution in [0.25, 0.3) is 10.8 Å². The normalized spacial score (nSPS) is 10.7. The zero-order valence-electron chi connectivity index (χ0n) is 12.6. The molecule has 0 aliphatic carbocycles. The quantitative estimate of drug-likeness (QED) is 0.692. The van der Waals surface area contributed by atoms with Crippen LogP contribution in [0.2, 0.25) is 0 Å². The van der Waals surface area contributed by atoms with E-state index < -0.39 is 0 Å². The molecule has 0 aliphatic heterocycles. The minimum absolute atomic E-state index is 0.0384. The van der Waals surface area contributed by atoms with Crippen LogP contribution in [-0.2, 0) is 6.42 Å². The van der Waals surface area contributed by atoms with Gasteiger partial charge >= 0.3 is 0 Å². The third kappa shape index (κ3) is 3.17. The maximum atomic E-state index is 12.5. The molecule has 4 heteroatoms. The first-order chi connectivity index (χ1) is 11.2. The number of nitrogens with two attached hydrogens (primary N) is 1. The molecule has 0 bridgehead atoms. The summed E-state index contributed by atoms with van der Waals surface area (Å²) >= 11 is 0. The molecule has 4 N–H and O–H groups in total. The molecular formula is C19H18N2O2. The summed E-state index contributed by atoms with van der Waals surface area (Å²) in [6, 6.07) is 18.5. The summed E-state index contributed by atoms with van der Waals surface area (Å²) < 4.78 is 0. The Kier molecular flexibility index (Phi) is 4.26. The van der Waals surface area contributed by atoms with Crippen LogP contribution in [0, 0.1) is 0 Å². The average Bonchev–Trinajstić information content (AvgIpc) is 2.57. The van der Waals surface area contributed by atoms with Crippen LogP contribution in [0.3, 0.4) is 0 Å². The molecule has 3 aromatic carbocycles. The molecule has 1 amide bonds. The van der Waals surface area contributed by atoms with E-state index >= 15 is 0 Å². The van der Waals surface area contributed by atoms with Crippen molar-refractivity contribution in [3.8, 4) is 5.75 Å². The van der Waals surface area contributed by atoms with E-state index in [0.29, 0.717) is 13.0 Å². The third-order valence-corrected chi connectivity index (χ3v) is 3.78.